The molecular formula is C8H12N2O3. The molecule has 2 atom stereocenters. The lowest BCUT2D eigenvalue weighted by atomic mass is 10.1. The lowest BCUT2D eigenvalue weighted by Gasteiger charge is -2.23. The number of nitrogens with zero attached hydrogens (tertiary/aromatic N) is 1. The van der Waals surface area contributed by atoms with Crippen LogP contribution < -0.4 is 5.73 Å². The van der Waals surface area contributed by atoms with Crippen molar-refractivity contribution in [2.75, 3.05) is 13.2 Å². The van der Waals surface area contributed by atoms with Crippen LogP contribution in [0.5, 0.6) is 0 Å². The number of imide groups is 1. The summed E-state index contributed by atoms with van der Waals surface area (Å²) in [5, 5.41) is 0. The van der Waals surface area contributed by atoms with Crippen LogP contribution in [-0.2, 0) is 14.3 Å². The zero-order valence-electron chi connectivity index (χ0n) is 7.23. The van der Waals surface area contributed by atoms with E-state index in [9.17, 15) is 9.59 Å². The average molecular weight is 184 g/mol. The highest BCUT2D eigenvalue weighted by Crippen LogP contribution is 2.20. The summed E-state index contributed by atoms with van der Waals surface area (Å²) in [4.78, 5) is 23.9. The van der Waals surface area contributed by atoms with Gasteiger partial charge in [0.2, 0.25) is 11.8 Å². The Morgan fingerprint density at radius 1 is 1.23 bits per heavy atom. The van der Waals surface area contributed by atoms with Crippen LogP contribution in [0.25, 0.3) is 0 Å². The number of ether oxygens (including phenoxy) is 1. The molecular weight excluding hydrogens is 172 g/mol. The highest BCUT2D eigenvalue weighted by molar-refractivity contribution is 6.02. The maximum absolute atomic E-state index is 11.3. The van der Waals surface area contributed by atoms with Crippen molar-refractivity contribution >= 4 is 11.8 Å². The van der Waals surface area contributed by atoms with Gasteiger partial charge in [-0.15, -0.1) is 0 Å². The van der Waals surface area contributed by atoms with Gasteiger partial charge in [-0.05, 0) is 0 Å². The summed E-state index contributed by atoms with van der Waals surface area (Å²) in [7, 11) is 0. The molecule has 0 aromatic heterocycles. The number of hydrogen-bond donors (Lipinski definition) is 1. The second kappa shape index (κ2) is 3.08. The summed E-state index contributed by atoms with van der Waals surface area (Å²) in [6.45, 7) is 0.820. The molecule has 2 N–H and O–H groups in total. The third-order valence-electron chi connectivity index (χ3n) is 2.51. The van der Waals surface area contributed by atoms with E-state index in [4.69, 9.17) is 10.5 Å². The molecule has 0 radical (unpaired) electrons. The number of amides is 2. The van der Waals surface area contributed by atoms with Gasteiger partial charge in [0.15, 0.2) is 0 Å². The van der Waals surface area contributed by atoms with E-state index in [0.717, 1.165) is 0 Å². The average Bonchev–Trinajstić information content (AvgIpc) is 2.60. The van der Waals surface area contributed by atoms with Crippen LogP contribution in [0, 0.1) is 0 Å². The molecule has 2 aliphatic heterocycles. The van der Waals surface area contributed by atoms with Crippen molar-refractivity contribution in [3.63, 3.8) is 0 Å². The molecule has 0 aromatic rings. The van der Waals surface area contributed by atoms with Gasteiger partial charge in [0.25, 0.3) is 0 Å². The summed E-state index contributed by atoms with van der Waals surface area (Å²) in [5.41, 5.74) is 5.71. The topological polar surface area (TPSA) is 72.6 Å². The Balaban J connectivity index is 2.14. The van der Waals surface area contributed by atoms with Crippen LogP contribution in [0.3, 0.4) is 0 Å². The minimum Gasteiger partial charge on any atom is -0.378 e. The van der Waals surface area contributed by atoms with Crippen molar-refractivity contribution < 1.29 is 14.3 Å². The van der Waals surface area contributed by atoms with E-state index in [-0.39, 0.29) is 23.9 Å². The van der Waals surface area contributed by atoms with E-state index in [1.807, 2.05) is 0 Å². The number of rotatable bonds is 1. The van der Waals surface area contributed by atoms with Gasteiger partial charge in [0.1, 0.15) is 0 Å². The van der Waals surface area contributed by atoms with Crippen molar-refractivity contribution in [2.24, 2.45) is 5.73 Å². The third kappa shape index (κ3) is 1.34. The summed E-state index contributed by atoms with van der Waals surface area (Å²) in [5.74, 6) is -0.230. The monoisotopic (exact) mass is 184 g/mol. The first-order chi connectivity index (χ1) is 6.20. The maximum atomic E-state index is 11.3. The Labute approximate surface area is 75.8 Å². The van der Waals surface area contributed by atoms with Crippen molar-refractivity contribution in [3.8, 4) is 0 Å². The fourth-order valence-corrected chi connectivity index (χ4v) is 1.79. The van der Waals surface area contributed by atoms with Crippen LogP contribution in [0.15, 0.2) is 0 Å². The molecule has 2 fully saturated rings. The van der Waals surface area contributed by atoms with Gasteiger partial charge >= 0.3 is 0 Å². The molecule has 2 heterocycles. The predicted molar refractivity (Wildman–Crippen MR) is 43.7 cm³/mol. The second-order valence-electron chi connectivity index (χ2n) is 3.43. The highest BCUT2D eigenvalue weighted by atomic mass is 16.5. The van der Waals surface area contributed by atoms with E-state index < -0.39 is 0 Å². The van der Waals surface area contributed by atoms with E-state index >= 15 is 0 Å². The largest absolute Gasteiger partial charge is 0.378 e. The third-order valence-corrected chi connectivity index (χ3v) is 2.51. The first-order valence-electron chi connectivity index (χ1n) is 4.38. The molecule has 0 saturated carbocycles. The lowest BCUT2D eigenvalue weighted by molar-refractivity contribution is -0.141. The van der Waals surface area contributed by atoms with Gasteiger partial charge in [0, 0.05) is 12.8 Å². The normalized spacial score (nSPS) is 34.7. The van der Waals surface area contributed by atoms with E-state index in [1.54, 1.807) is 0 Å². The van der Waals surface area contributed by atoms with E-state index in [0.29, 0.717) is 26.1 Å². The van der Waals surface area contributed by atoms with Crippen LogP contribution >= 0.6 is 0 Å². The zero-order chi connectivity index (χ0) is 9.42. The Hall–Kier alpha value is -0.940. The van der Waals surface area contributed by atoms with Gasteiger partial charge < -0.3 is 10.5 Å². The van der Waals surface area contributed by atoms with Crippen molar-refractivity contribution in [1.29, 1.82) is 0 Å². The van der Waals surface area contributed by atoms with Crippen molar-refractivity contribution in [1.82, 2.24) is 4.90 Å². The van der Waals surface area contributed by atoms with Crippen molar-refractivity contribution in [2.45, 2.75) is 24.9 Å². The Morgan fingerprint density at radius 3 is 2.31 bits per heavy atom. The minimum absolute atomic E-state index is 0.115. The molecule has 2 rings (SSSR count). The minimum atomic E-state index is -0.234. The number of likely N-dealkylation sites (tertiary alicyclic amines) is 1. The van der Waals surface area contributed by atoms with Crippen LogP contribution in [0.1, 0.15) is 12.8 Å². The number of nitrogens with two attached hydrogens (primary N) is 1. The number of carbonyl (C=O) groups excluding carboxylic acids is 2. The molecule has 0 bridgehead atoms. The predicted octanol–water partition coefficient (Wildman–Crippen LogP) is -1.14. The van der Waals surface area contributed by atoms with Gasteiger partial charge in [-0.25, -0.2) is 0 Å². The van der Waals surface area contributed by atoms with Crippen molar-refractivity contribution in [3.05, 3.63) is 0 Å². The molecule has 2 unspecified atom stereocenters. The smallest absolute Gasteiger partial charge is 0.230 e. The molecule has 0 spiro atoms. The Kier molecular flexibility index (Phi) is 2.05. The van der Waals surface area contributed by atoms with Crippen LogP contribution in [0.4, 0.5) is 0 Å². The highest BCUT2D eigenvalue weighted by Gasteiger charge is 2.40. The van der Waals surface area contributed by atoms with E-state index in [2.05, 4.69) is 0 Å². The van der Waals surface area contributed by atoms with Gasteiger partial charge in [-0.3, -0.25) is 14.5 Å². The van der Waals surface area contributed by atoms with Gasteiger partial charge in [0.05, 0.1) is 25.3 Å². The summed E-state index contributed by atoms with van der Waals surface area (Å²) in [6, 6.07) is -0.450. The standard InChI is InChI=1S/C8H12N2O3/c9-5-3-13-4-6(5)10-7(11)1-2-8(10)12/h5-6H,1-4,9H2. The maximum Gasteiger partial charge on any atom is 0.230 e. The SMILES string of the molecule is NC1COCC1N1C(=O)CCC1=O. The Bertz CT molecular complexity index is 238. The van der Waals surface area contributed by atoms with Gasteiger partial charge in [-0.2, -0.15) is 0 Å². The second-order valence-corrected chi connectivity index (χ2v) is 3.43. The fourth-order valence-electron chi connectivity index (χ4n) is 1.79. The molecule has 2 saturated heterocycles. The fraction of sp³-hybridized carbons (Fsp3) is 0.750. The first kappa shape index (κ1) is 8.65. The first-order valence-corrected chi connectivity index (χ1v) is 4.38. The van der Waals surface area contributed by atoms with Gasteiger partial charge in [-0.1, -0.05) is 0 Å². The molecule has 13 heavy (non-hydrogen) atoms. The number of carbonyl (C=O) groups is 2. The molecule has 5 heteroatoms. The summed E-state index contributed by atoms with van der Waals surface area (Å²) < 4.78 is 5.11. The Morgan fingerprint density at radius 2 is 1.85 bits per heavy atom. The van der Waals surface area contributed by atoms with E-state index in [1.165, 1.54) is 4.90 Å². The molecule has 72 valence electrons. The lowest BCUT2D eigenvalue weighted by Crippen LogP contribution is -2.49. The van der Waals surface area contributed by atoms with Crippen LogP contribution in [-0.4, -0.2) is 42.0 Å². The molecule has 5 nitrogen and oxygen atoms in total. The summed E-state index contributed by atoms with van der Waals surface area (Å²) in [6.07, 6.45) is 0.643. The molecule has 0 aromatic carbocycles. The quantitative estimate of drug-likeness (QED) is 0.523. The zero-order valence-corrected chi connectivity index (χ0v) is 7.23. The molecule has 0 aliphatic carbocycles. The molecule has 2 amide bonds. The van der Waals surface area contributed by atoms with Crippen LogP contribution in [0.2, 0.25) is 0 Å². The molecule has 2 aliphatic rings. The summed E-state index contributed by atoms with van der Waals surface area (Å²) >= 11 is 0. The number of hydrogen-bond acceptors (Lipinski definition) is 4.